The molecule has 78 valence electrons. The van der Waals surface area contributed by atoms with Crippen LogP contribution in [0.25, 0.3) is 0 Å². The minimum atomic E-state index is 0.691. The van der Waals surface area contributed by atoms with Crippen LogP contribution in [0.1, 0.15) is 38.3 Å². The van der Waals surface area contributed by atoms with Crippen molar-refractivity contribution in [1.82, 2.24) is 10.5 Å². The Morgan fingerprint density at radius 2 is 2.50 bits per heavy atom. The maximum Gasteiger partial charge on any atom is 0.124 e. The second-order valence-electron chi connectivity index (χ2n) is 4.08. The Balaban J connectivity index is 1.80. The Kier molecular flexibility index (Phi) is 3.19. The van der Waals surface area contributed by atoms with E-state index in [4.69, 9.17) is 4.52 Å². The smallest absolute Gasteiger partial charge is 0.124 e. The highest BCUT2D eigenvalue weighted by Crippen LogP contribution is 2.28. The van der Waals surface area contributed by atoms with E-state index in [1.165, 1.54) is 25.7 Å². The van der Waals surface area contributed by atoms with E-state index in [0.717, 1.165) is 18.2 Å². The summed E-state index contributed by atoms with van der Waals surface area (Å²) in [7, 11) is 0. The van der Waals surface area contributed by atoms with Crippen LogP contribution < -0.4 is 5.32 Å². The number of nitrogens with one attached hydrogen (secondary N) is 1. The molecule has 0 aliphatic heterocycles. The Morgan fingerprint density at radius 1 is 1.57 bits per heavy atom. The second kappa shape index (κ2) is 4.60. The van der Waals surface area contributed by atoms with E-state index in [-0.39, 0.29) is 0 Å². The molecule has 0 spiro atoms. The number of nitrogens with zero attached hydrogens (tertiary/aromatic N) is 1. The third kappa shape index (κ3) is 2.15. The molecule has 1 aliphatic rings. The molecule has 0 amide bonds. The van der Waals surface area contributed by atoms with Gasteiger partial charge < -0.3 is 9.84 Å². The molecule has 1 aromatic rings. The first-order chi connectivity index (χ1) is 6.90. The van der Waals surface area contributed by atoms with Gasteiger partial charge >= 0.3 is 0 Å². The molecule has 1 fully saturated rings. The van der Waals surface area contributed by atoms with Crippen molar-refractivity contribution in [2.24, 2.45) is 5.92 Å². The maximum absolute atomic E-state index is 4.79. The summed E-state index contributed by atoms with van der Waals surface area (Å²) in [6, 6.07) is 2.61. The van der Waals surface area contributed by atoms with Gasteiger partial charge in [-0.2, -0.15) is 0 Å². The monoisotopic (exact) mass is 194 g/mol. The summed E-state index contributed by atoms with van der Waals surface area (Å²) >= 11 is 0. The normalized spacial score (nSPS) is 26.9. The van der Waals surface area contributed by atoms with Gasteiger partial charge in [0.1, 0.15) is 6.26 Å². The molecule has 1 saturated carbocycles. The zero-order valence-electron chi connectivity index (χ0n) is 8.70. The molecule has 1 N–H and O–H groups in total. The van der Waals surface area contributed by atoms with Crippen molar-refractivity contribution in [3.8, 4) is 0 Å². The van der Waals surface area contributed by atoms with Gasteiger partial charge in [0.05, 0.1) is 5.69 Å². The predicted octanol–water partition coefficient (Wildman–Crippen LogP) is 2.34. The van der Waals surface area contributed by atoms with E-state index in [1.807, 2.05) is 6.07 Å². The van der Waals surface area contributed by atoms with E-state index in [1.54, 1.807) is 6.26 Å². The summed E-state index contributed by atoms with van der Waals surface area (Å²) in [6.45, 7) is 3.12. The predicted molar refractivity (Wildman–Crippen MR) is 54.8 cm³/mol. The van der Waals surface area contributed by atoms with Crippen molar-refractivity contribution in [3.63, 3.8) is 0 Å². The van der Waals surface area contributed by atoms with Gasteiger partial charge in [-0.05, 0) is 18.8 Å². The average molecular weight is 194 g/mol. The van der Waals surface area contributed by atoms with Crippen molar-refractivity contribution in [2.75, 3.05) is 0 Å². The SMILES string of the molecule is CCC1CCCC1NCc1ccon1. The van der Waals surface area contributed by atoms with Gasteiger partial charge in [-0.25, -0.2) is 0 Å². The van der Waals surface area contributed by atoms with Gasteiger partial charge in [0.25, 0.3) is 0 Å². The molecule has 1 aliphatic carbocycles. The lowest BCUT2D eigenvalue weighted by Crippen LogP contribution is -2.31. The molecule has 0 saturated heterocycles. The van der Waals surface area contributed by atoms with Gasteiger partial charge in [0, 0.05) is 18.7 Å². The summed E-state index contributed by atoms with van der Waals surface area (Å²) in [4.78, 5) is 0. The molecule has 3 nitrogen and oxygen atoms in total. The number of rotatable bonds is 4. The highest BCUT2D eigenvalue weighted by molar-refractivity contribution is 4.95. The Labute approximate surface area is 84.9 Å². The third-order valence-electron chi connectivity index (χ3n) is 3.22. The van der Waals surface area contributed by atoms with Crippen molar-refractivity contribution in [2.45, 2.75) is 45.2 Å². The molecule has 2 rings (SSSR count). The fourth-order valence-electron chi connectivity index (χ4n) is 2.36. The summed E-state index contributed by atoms with van der Waals surface area (Å²) in [6.07, 6.45) is 6.98. The van der Waals surface area contributed by atoms with Gasteiger partial charge in [-0.3, -0.25) is 0 Å². The lowest BCUT2D eigenvalue weighted by molar-refractivity contribution is 0.373. The molecular weight excluding hydrogens is 176 g/mol. The molecule has 14 heavy (non-hydrogen) atoms. The number of hydrogen-bond acceptors (Lipinski definition) is 3. The molecule has 2 atom stereocenters. The van der Waals surface area contributed by atoms with Crippen molar-refractivity contribution >= 4 is 0 Å². The van der Waals surface area contributed by atoms with Crippen molar-refractivity contribution in [3.05, 3.63) is 18.0 Å². The van der Waals surface area contributed by atoms with Crippen LogP contribution in [0.5, 0.6) is 0 Å². The van der Waals surface area contributed by atoms with E-state index < -0.39 is 0 Å². The maximum atomic E-state index is 4.79. The molecule has 0 bridgehead atoms. The molecule has 1 aromatic heterocycles. The van der Waals surface area contributed by atoms with Crippen LogP contribution in [0.3, 0.4) is 0 Å². The van der Waals surface area contributed by atoms with E-state index in [0.29, 0.717) is 6.04 Å². The van der Waals surface area contributed by atoms with E-state index in [9.17, 15) is 0 Å². The van der Waals surface area contributed by atoms with Crippen LogP contribution in [-0.2, 0) is 6.54 Å². The molecular formula is C11H18N2O. The topological polar surface area (TPSA) is 38.1 Å². The summed E-state index contributed by atoms with van der Waals surface area (Å²) in [5, 5.41) is 7.45. The second-order valence-corrected chi connectivity index (χ2v) is 4.08. The quantitative estimate of drug-likeness (QED) is 0.799. The van der Waals surface area contributed by atoms with Crippen LogP contribution in [0, 0.1) is 5.92 Å². The lowest BCUT2D eigenvalue weighted by atomic mass is 10.0. The fraction of sp³-hybridized carbons (Fsp3) is 0.727. The van der Waals surface area contributed by atoms with Gasteiger partial charge in [0.15, 0.2) is 0 Å². The largest absolute Gasteiger partial charge is 0.364 e. The number of hydrogen-bond donors (Lipinski definition) is 1. The Bertz CT molecular complexity index is 258. The average Bonchev–Trinajstić information content (AvgIpc) is 2.85. The zero-order valence-corrected chi connectivity index (χ0v) is 8.70. The number of aromatic nitrogens is 1. The molecule has 1 heterocycles. The summed E-state index contributed by atoms with van der Waals surface area (Å²) in [5.74, 6) is 0.863. The third-order valence-corrected chi connectivity index (χ3v) is 3.22. The standard InChI is InChI=1S/C11H18N2O/c1-2-9-4-3-5-11(9)12-8-10-6-7-14-13-10/h6-7,9,11-12H,2-5,8H2,1H3. The summed E-state index contributed by atoms with van der Waals surface area (Å²) in [5.41, 5.74) is 1.01. The first kappa shape index (κ1) is 9.71. The van der Waals surface area contributed by atoms with Crippen LogP contribution in [0.4, 0.5) is 0 Å². The Hall–Kier alpha value is -0.830. The first-order valence-corrected chi connectivity index (χ1v) is 5.52. The minimum absolute atomic E-state index is 0.691. The van der Waals surface area contributed by atoms with Crippen LogP contribution in [0.15, 0.2) is 16.9 Å². The summed E-state index contributed by atoms with van der Waals surface area (Å²) < 4.78 is 4.79. The van der Waals surface area contributed by atoms with Gasteiger partial charge in [0.2, 0.25) is 0 Å². The lowest BCUT2D eigenvalue weighted by Gasteiger charge is -2.18. The van der Waals surface area contributed by atoms with Gasteiger partial charge in [-0.15, -0.1) is 0 Å². The van der Waals surface area contributed by atoms with Crippen LogP contribution in [-0.4, -0.2) is 11.2 Å². The van der Waals surface area contributed by atoms with Crippen molar-refractivity contribution in [1.29, 1.82) is 0 Å². The van der Waals surface area contributed by atoms with Crippen molar-refractivity contribution < 1.29 is 4.52 Å². The van der Waals surface area contributed by atoms with E-state index in [2.05, 4.69) is 17.4 Å². The van der Waals surface area contributed by atoms with Crippen LogP contribution >= 0.6 is 0 Å². The zero-order chi connectivity index (χ0) is 9.80. The minimum Gasteiger partial charge on any atom is -0.364 e. The molecule has 0 aromatic carbocycles. The molecule has 3 heteroatoms. The molecule has 2 unspecified atom stereocenters. The highest BCUT2D eigenvalue weighted by atomic mass is 16.5. The first-order valence-electron chi connectivity index (χ1n) is 5.52. The van der Waals surface area contributed by atoms with E-state index >= 15 is 0 Å². The molecule has 0 radical (unpaired) electrons. The Morgan fingerprint density at radius 3 is 3.21 bits per heavy atom. The highest BCUT2D eigenvalue weighted by Gasteiger charge is 2.24. The fourth-order valence-corrected chi connectivity index (χ4v) is 2.36. The van der Waals surface area contributed by atoms with Gasteiger partial charge in [-0.1, -0.05) is 24.9 Å². The van der Waals surface area contributed by atoms with Crippen LogP contribution in [0.2, 0.25) is 0 Å².